The van der Waals surface area contributed by atoms with E-state index in [-0.39, 0.29) is 39.0 Å². The summed E-state index contributed by atoms with van der Waals surface area (Å²) in [5, 5.41) is 6.00. The summed E-state index contributed by atoms with van der Waals surface area (Å²) in [5.41, 5.74) is 7.24. The molecule has 2 aromatic heterocycles. The predicted molar refractivity (Wildman–Crippen MR) is 129 cm³/mol. The van der Waals surface area contributed by atoms with E-state index < -0.39 is 28.8 Å². The minimum Gasteiger partial charge on any atom is -0.383 e. The number of aromatic nitrogens is 3. The van der Waals surface area contributed by atoms with E-state index in [0.717, 1.165) is 12.3 Å². The molecule has 2 amide bonds. The van der Waals surface area contributed by atoms with Crippen molar-refractivity contribution in [3.63, 3.8) is 0 Å². The van der Waals surface area contributed by atoms with Gasteiger partial charge < -0.3 is 16.0 Å². The van der Waals surface area contributed by atoms with Gasteiger partial charge in [0.1, 0.15) is 22.1 Å². The van der Waals surface area contributed by atoms with E-state index in [1.165, 1.54) is 16.8 Å². The van der Waals surface area contributed by atoms with E-state index in [4.69, 9.17) is 17.3 Å². The summed E-state index contributed by atoms with van der Waals surface area (Å²) >= 11 is 6.16. The first-order chi connectivity index (χ1) is 17.4. The zero-order chi connectivity index (χ0) is 26.6. The number of anilines is 2. The molecule has 1 aliphatic carbocycles. The molecule has 5 rings (SSSR count). The van der Waals surface area contributed by atoms with Gasteiger partial charge in [-0.15, -0.1) is 11.3 Å². The number of carbonyl (C=O) groups excluding carboxylic acids is 2. The molecule has 37 heavy (non-hydrogen) atoms. The monoisotopic (exact) mass is 556 g/mol. The Morgan fingerprint density at radius 3 is 2.49 bits per heavy atom. The lowest BCUT2D eigenvalue weighted by atomic mass is 9.97. The van der Waals surface area contributed by atoms with Crippen LogP contribution in [0.1, 0.15) is 49.5 Å². The molecule has 1 saturated carbocycles. The molecule has 0 spiro atoms. The predicted octanol–water partition coefficient (Wildman–Crippen LogP) is 4.79. The van der Waals surface area contributed by atoms with Gasteiger partial charge in [-0.25, -0.2) is 9.37 Å². The molecule has 1 aliphatic heterocycles. The van der Waals surface area contributed by atoms with Gasteiger partial charge in [0, 0.05) is 31.7 Å². The van der Waals surface area contributed by atoms with Crippen LogP contribution in [0.5, 0.6) is 0 Å². The Morgan fingerprint density at radius 1 is 1.22 bits per heavy atom. The van der Waals surface area contributed by atoms with Gasteiger partial charge in [-0.2, -0.15) is 18.3 Å². The lowest BCUT2D eigenvalue weighted by molar-refractivity contribution is -0.137. The van der Waals surface area contributed by atoms with Crippen LogP contribution in [0, 0.1) is 17.7 Å². The van der Waals surface area contributed by atoms with Crippen LogP contribution in [0.4, 0.5) is 29.1 Å². The maximum atomic E-state index is 13.5. The number of carbonyl (C=O) groups is 2. The van der Waals surface area contributed by atoms with Crippen LogP contribution in [0.15, 0.2) is 24.4 Å². The molecule has 2 aliphatic rings. The Hall–Kier alpha value is -3.19. The quantitative estimate of drug-likeness (QED) is 0.450. The van der Waals surface area contributed by atoms with Crippen molar-refractivity contribution in [3.05, 3.63) is 56.4 Å². The number of nitrogen functional groups attached to an aromatic ring is 1. The van der Waals surface area contributed by atoms with Crippen molar-refractivity contribution in [2.75, 3.05) is 24.1 Å². The topological polar surface area (TPSA) is 106 Å². The molecular formula is C23H21ClF4N6O2S. The van der Waals surface area contributed by atoms with E-state index >= 15 is 0 Å². The SMILES string of the molecule is Cn1nc(C2CC3CN(C(=O)c4cnc(C(F)(F)F)s4)CC3C2)c(C(=O)Nc2ccc(F)c(Cl)c2)c1N. The minimum absolute atomic E-state index is 0.0406. The summed E-state index contributed by atoms with van der Waals surface area (Å²) in [4.78, 5) is 30.8. The summed E-state index contributed by atoms with van der Waals surface area (Å²) < 4.78 is 53.5. The van der Waals surface area contributed by atoms with E-state index in [2.05, 4.69) is 15.4 Å². The van der Waals surface area contributed by atoms with Crippen LogP contribution in [0.25, 0.3) is 0 Å². The number of hydrogen-bond donors (Lipinski definition) is 2. The number of thiazole rings is 1. The molecule has 3 N–H and O–H groups in total. The number of aryl methyl sites for hydroxylation is 1. The number of nitrogens with two attached hydrogens (primary N) is 1. The number of benzene rings is 1. The number of nitrogens with one attached hydrogen (secondary N) is 1. The normalized spacial score (nSPS) is 21.4. The second kappa shape index (κ2) is 9.28. The zero-order valence-electron chi connectivity index (χ0n) is 19.4. The lowest BCUT2D eigenvalue weighted by Gasteiger charge is -2.18. The maximum Gasteiger partial charge on any atom is 0.443 e. The summed E-state index contributed by atoms with van der Waals surface area (Å²) in [7, 11) is 1.63. The zero-order valence-corrected chi connectivity index (χ0v) is 20.9. The molecule has 3 aromatic rings. The molecule has 0 radical (unpaired) electrons. The van der Waals surface area contributed by atoms with Crippen molar-refractivity contribution < 1.29 is 27.2 Å². The number of likely N-dealkylation sites (tertiary alicyclic amines) is 1. The van der Waals surface area contributed by atoms with Crippen LogP contribution in [0.3, 0.4) is 0 Å². The maximum absolute atomic E-state index is 13.5. The van der Waals surface area contributed by atoms with Gasteiger partial charge in [-0.1, -0.05) is 11.6 Å². The molecule has 2 fully saturated rings. The van der Waals surface area contributed by atoms with Crippen molar-refractivity contribution in [2.24, 2.45) is 18.9 Å². The Kier molecular flexibility index (Phi) is 6.39. The number of amides is 2. The highest BCUT2D eigenvalue weighted by atomic mass is 35.5. The average molecular weight is 557 g/mol. The van der Waals surface area contributed by atoms with Gasteiger partial charge >= 0.3 is 6.18 Å². The van der Waals surface area contributed by atoms with Gasteiger partial charge in [0.2, 0.25) is 0 Å². The number of fused-ring (bicyclic) bond motifs is 1. The Morgan fingerprint density at radius 2 is 1.89 bits per heavy atom. The second-order valence-corrected chi connectivity index (χ2v) is 10.7. The summed E-state index contributed by atoms with van der Waals surface area (Å²) in [5.74, 6) is -1.25. The second-order valence-electron chi connectivity index (χ2n) is 9.28. The van der Waals surface area contributed by atoms with Crippen LogP contribution >= 0.6 is 22.9 Å². The summed E-state index contributed by atoms with van der Waals surface area (Å²) in [6, 6.07) is 3.83. The fourth-order valence-electron chi connectivity index (χ4n) is 5.19. The number of halogens is 5. The first-order valence-corrected chi connectivity index (χ1v) is 12.5. The van der Waals surface area contributed by atoms with Crippen LogP contribution in [-0.4, -0.2) is 44.6 Å². The molecule has 196 valence electrons. The summed E-state index contributed by atoms with van der Waals surface area (Å²) in [6.07, 6.45) is -2.33. The Labute approximate surface area is 217 Å². The molecule has 0 bridgehead atoms. The fourth-order valence-corrected chi connectivity index (χ4v) is 6.13. The van der Waals surface area contributed by atoms with Crippen molar-refractivity contribution in [2.45, 2.75) is 24.9 Å². The van der Waals surface area contributed by atoms with Crippen molar-refractivity contribution in [3.8, 4) is 0 Å². The molecule has 14 heteroatoms. The van der Waals surface area contributed by atoms with Crippen LogP contribution < -0.4 is 11.1 Å². The minimum atomic E-state index is -4.59. The molecule has 8 nitrogen and oxygen atoms in total. The summed E-state index contributed by atoms with van der Waals surface area (Å²) in [6.45, 7) is 0.800. The molecular weight excluding hydrogens is 536 g/mol. The lowest BCUT2D eigenvalue weighted by Crippen LogP contribution is -2.29. The smallest absolute Gasteiger partial charge is 0.383 e. The highest BCUT2D eigenvalue weighted by molar-refractivity contribution is 7.13. The average Bonchev–Trinajstić information content (AvgIpc) is 3.58. The third-order valence-corrected chi connectivity index (χ3v) is 8.23. The van der Waals surface area contributed by atoms with E-state index in [9.17, 15) is 27.2 Å². The van der Waals surface area contributed by atoms with Gasteiger partial charge in [-0.05, 0) is 42.9 Å². The van der Waals surface area contributed by atoms with E-state index in [1.54, 1.807) is 11.9 Å². The van der Waals surface area contributed by atoms with Gasteiger partial charge in [-0.3, -0.25) is 14.3 Å². The number of nitrogens with zero attached hydrogens (tertiary/aromatic N) is 4. The first kappa shape index (κ1) is 25.5. The van der Waals surface area contributed by atoms with Crippen LogP contribution in [-0.2, 0) is 13.2 Å². The van der Waals surface area contributed by atoms with Crippen molar-refractivity contribution in [1.29, 1.82) is 0 Å². The molecule has 1 saturated heterocycles. The molecule has 2 unspecified atom stereocenters. The highest BCUT2D eigenvalue weighted by Crippen LogP contribution is 2.47. The number of rotatable bonds is 4. The Bertz CT molecular complexity index is 1380. The Balaban J connectivity index is 1.29. The molecule has 2 atom stereocenters. The molecule has 1 aromatic carbocycles. The molecule has 3 heterocycles. The first-order valence-electron chi connectivity index (χ1n) is 11.3. The van der Waals surface area contributed by atoms with Crippen molar-refractivity contribution >= 4 is 46.3 Å². The number of alkyl halides is 3. The van der Waals surface area contributed by atoms with E-state index in [1.807, 2.05) is 0 Å². The number of hydrogen-bond acceptors (Lipinski definition) is 6. The highest BCUT2D eigenvalue weighted by Gasteiger charge is 2.45. The fraction of sp³-hybridized carbons (Fsp3) is 0.391. The van der Waals surface area contributed by atoms with E-state index in [0.29, 0.717) is 48.6 Å². The van der Waals surface area contributed by atoms with Crippen molar-refractivity contribution in [1.82, 2.24) is 19.7 Å². The van der Waals surface area contributed by atoms with Crippen LogP contribution in [0.2, 0.25) is 5.02 Å². The van der Waals surface area contributed by atoms with Gasteiger partial charge in [0.15, 0.2) is 5.01 Å². The largest absolute Gasteiger partial charge is 0.443 e. The van der Waals surface area contributed by atoms with Gasteiger partial charge in [0.05, 0.1) is 16.9 Å². The third-order valence-electron chi connectivity index (χ3n) is 6.91. The van der Waals surface area contributed by atoms with Gasteiger partial charge in [0.25, 0.3) is 11.8 Å². The standard InChI is InChI=1S/C23H21ClF4N6O2S/c1-33-19(29)17(20(35)31-13-2-3-15(25)14(24)6-13)18(32-33)10-4-11-8-34(9-12(11)5-10)21(36)16-7-30-22(37-16)23(26,27)28/h2-3,6-7,10-12H,4-5,8-9,29H2,1H3,(H,31,35). The third kappa shape index (κ3) is 4.77.